The third-order valence-corrected chi connectivity index (χ3v) is 6.70. The lowest BCUT2D eigenvalue weighted by atomic mass is 9.97. The van der Waals surface area contributed by atoms with E-state index in [1.165, 1.54) is 21.3 Å². The van der Waals surface area contributed by atoms with Crippen molar-refractivity contribution in [1.82, 2.24) is 14.1 Å². The molecule has 0 saturated carbocycles. The van der Waals surface area contributed by atoms with Crippen LogP contribution in [0.3, 0.4) is 0 Å². The van der Waals surface area contributed by atoms with E-state index < -0.39 is 5.82 Å². The van der Waals surface area contributed by atoms with E-state index in [2.05, 4.69) is 9.88 Å². The maximum atomic E-state index is 14.7. The number of phenols is 1. The van der Waals surface area contributed by atoms with Gasteiger partial charge >= 0.3 is 5.69 Å². The van der Waals surface area contributed by atoms with E-state index in [1.54, 1.807) is 57.0 Å². The summed E-state index contributed by atoms with van der Waals surface area (Å²) in [6.45, 7) is 1.54. The molecule has 1 aliphatic heterocycles. The third kappa shape index (κ3) is 4.31. The van der Waals surface area contributed by atoms with E-state index in [-0.39, 0.29) is 17.5 Å². The van der Waals surface area contributed by atoms with E-state index >= 15 is 0 Å². The summed E-state index contributed by atoms with van der Waals surface area (Å²) in [6.07, 6.45) is 5.96. The van der Waals surface area contributed by atoms with Gasteiger partial charge in [-0.25, -0.2) is 14.2 Å². The van der Waals surface area contributed by atoms with Crippen LogP contribution >= 0.6 is 11.6 Å². The van der Waals surface area contributed by atoms with Crippen LogP contribution in [0.15, 0.2) is 65.8 Å². The predicted molar refractivity (Wildman–Crippen MR) is 134 cm³/mol. The second-order valence-corrected chi connectivity index (χ2v) is 8.98. The molecule has 35 heavy (non-hydrogen) atoms. The molecule has 2 aromatic carbocycles. The zero-order chi connectivity index (χ0) is 24.7. The number of nitrogens with zero attached hydrogens (tertiary/aromatic N) is 4. The number of rotatable bonds is 5. The van der Waals surface area contributed by atoms with Crippen molar-refractivity contribution in [3.05, 3.63) is 82.4 Å². The van der Waals surface area contributed by atoms with Gasteiger partial charge in [0, 0.05) is 57.0 Å². The maximum Gasteiger partial charge on any atom is 0.332 e. The average Bonchev–Trinajstić information content (AvgIpc) is 3.47. The Morgan fingerprint density at radius 1 is 1.11 bits per heavy atom. The molecule has 2 aromatic heterocycles. The van der Waals surface area contributed by atoms with E-state index in [4.69, 9.17) is 16.3 Å². The fraction of sp³-hybridized carbons (Fsp3) is 0.231. The number of benzene rings is 2. The van der Waals surface area contributed by atoms with Crippen molar-refractivity contribution in [3.63, 3.8) is 0 Å². The van der Waals surface area contributed by atoms with Gasteiger partial charge in [0.05, 0.1) is 16.8 Å². The number of aromatic nitrogens is 3. The summed E-state index contributed by atoms with van der Waals surface area (Å²) in [7, 11) is 3.35. The van der Waals surface area contributed by atoms with Crippen LogP contribution < -0.4 is 10.6 Å². The number of aromatic hydroxyl groups is 1. The van der Waals surface area contributed by atoms with Crippen LogP contribution in [-0.2, 0) is 11.8 Å². The summed E-state index contributed by atoms with van der Waals surface area (Å²) < 4.78 is 23.0. The monoisotopic (exact) mass is 494 g/mol. The summed E-state index contributed by atoms with van der Waals surface area (Å²) in [5.41, 5.74) is 2.08. The maximum absolute atomic E-state index is 14.7. The third-order valence-electron chi connectivity index (χ3n) is 6.40. The summed E-state index contributed by atoms with van der Waals surface area (Å²) in [6, 6.07) is 11.1. The van der Waals surface area contributed by atoms with Gasteiger partial charge in [0.15, 0.2) is 0 Å². The molecule has 0 amide bonds. The Morgan fingerprint density at radius 2 is 1.86 bits per heavy atom. The fourth-order valence-corrected chi connectivity index (χ4v) is 4.72. The minimum atomic E-state index is -0.494. The molecule has 3 heterocycles. The van der Waals surface area contributed by atoms with Crippen LogP contribution in [0.25, 0.3) is 27.9 Å². The van der Waals surface area contributed by atoms with Crippen molar-refractivity contribution < 1.29 is 14.2 Å². The standard InChI is InChI=1S/C26H24ClFN4O3/c1-30-9-10-32(26(30)34)23-4-3-16(11-22(23)27)20-13-18(28)14-21(25(20)33)17-5-7-29-24(12-17)31-8-6-19(15-31)35-2/h3-5,7,9-14,19,33H,6,8,15H2,1-2H3/t19-/m0/s1. The lowest BCUT2D eigenvalue weighted by Crippen LogP contribution is -2.23. The van der Waals surface area contributed by atoms with Gasteiger partial charge in [-0.05, 0) is 53.9 Å². The lowest BCUT2D eigenvalue weighted by molar-refractivity contribution is 0.121. The number of halogens is 2. The highest BCUT2D eigenvalue weighted by Crippen LogP contribution is 2.41. The van der Waals surface area contributed by atoms with Crippen molar-refractivity contribution in [2.24, 2.45) is 7.05 Å². The molecule has 180 valence electrons. The predicted octanol–water partition coefficient (Wildman–Crippen LogP) is 4.63. The molecule has 1 fully saturated rings. The molecule has 0 spiro atoms. The van der Waals surface area contributed by atoms with Gasteiger partial charge in [-0.15, -0.1) is 0 Å². The van der Waals surface area contributed by atoms with E-state index in [1.807, 2.05) is 6.07 Å². The van der Waals surface area contributed by atoms with Gasteiger partial charge in [-0.3, -0.25) is 4.57 Å². The number of methoxy groups -OCH3 is 1. The number of pyridine rings is 1. The van der Waals surface area contributed by atoms with Crippen molar-refractivity contribution in [3.8, 4) is 33.7 Å². The normalized spacial score (nSPS) is 15.7. The zero-order valence-electron chi connectivity index (χ0n) is 19.3. The fourth-order valence-electron chi connectivity index (χ4n) is 4.44. The zero-order valence-corrected chi connectivity index (χ0v) is 20.0. The first-order valence-corrected chi connectivity index (χ1v) is 11.5. The summed E-state index contributed by atoms with van der Waals surface area (Å²) in [4.78, 5) is 18.9. The van der Waals surface area contributed by atoms with Gasteiger partial charge in [0.2, 0.25) is 0 Å². The molecule has 1 saturated heterocycles. The van der Waals surface area contributed by atoms with Crippen molar-refractivity contribution in [1.29, 1.82) is 0 Å². The van der Waals surface area contributed by atoms with Gasteiger partial charge in [-0.1, -0.05) is 17.7 Å². The number of phenolic OH excluding ortho intramolecular Hbond substituents is 1. The van der Waals surface area contributed by atoms with Crippen LogP contribution in [0.5, 0.6) is 5.75 Å². The molecule has 0 aliphatic carbocycles. The smallest absolute Gasteiger partial charge is 0.332 e. The van der Waals surface area contributed by atoms with Crippen LogP contribution in [-0.4, -0.2) is 45.5 Å². The van der Waals surface area contributed by atoms with Gasteiger partial charge in [-0.2, -0.15) is 0 Å². The SMILES string of the molecule is CO[C@H]1CCN(c2cc(-c3cc(F)cc(-c4ccc(-n5ccn(C)c5=O)c(Cl)c4)c3O)ccn2)C1. The minimum absolute atomic E-state index is 0.0690. The highest BCUT2D eigenvalue weighted by Gasteiger charge is 2.24. The van der Waals surface area contributed by atoms with Crippen LogP contribution in [0.1, 0.15) is 6.42 Å². The van der Waals surface area contributed by atoms with E-state index in [9.17, 15) is 14.3 Å². The molecule has 5 rings (SSSR count). The molecule has 1 aliphatic rings. The summed E-state index contributed by atoms with van der Waals surface area (Å²) >= 11 is 6.49. The number of ether oxygens (including phenoxy) is 1. The Bertz CT molecular complexity index is 1470. The molecule has 9 heteroatoms. The van der Waals surface area contributed by atoms with Gasteiger partial charge in [0.25, 0.3) is 0 Å². The molecule has 4 aromatic rings. The molecule has 7 nitrogen and oxygen atoms in total. The number of hydrogen-bond donors (Lipinski definition) is 1. The lowest BCUT2D eigenvalue weighted by Gasteiger charge is -2.18. The first-order chi connectivity index (χ1) is 16.9. The Hall–Kier alpha value is -3.62. The number of hydrogen-bond acceptors (Lipinski definition) is 5. The van der Waals surface area contributed by atoms with Crippen LogP contribution in [0, 0.1) is 5.82 Å². The van der Waals surface area contributed by atoms with Gasteiger partial charge < -0.3 is 19.3 Å². The van der Waals surface area contributed by atoms with Crippen molar-refractivity contribution in [2.75, 3.05) is 25.1 Å². The average molecular weight is 495 g/mol. The van der Waals surface area contributed by atoms with E-state index in [0.717, 1.165) is 25.3 Å². The molecule has 0 bridgehead atoms. The second-order valence-electron chi connectivity index (χ2n) is 8.57. The minimum Gasteiger partial charge on any atom is -0.507 e. The van der Waals surface area contributed by atoms with Gasteiger partial charge in [0.1, 0.15) is 17.4 Å². The molecular formula is C26H24ClFN4O3. The quantitative estimate of drug-likeness (QED) is 0.438. The Morgan fingerprint density at radius 3 is 2.49 bits per heavy atom. The Kier molecular flexibility index (Phi) is 6.08. The highest BCUT2D eigenvalue weighted by molar-refractivity contribution is 6.32. The topological polar surface area (TPSA) is 72.5 Å². The highest BCUT2D eigenvalue weighted by atomic mass is 35.5. The first-order valence-electron chi connectivity index (χ1n) is 11.2. The number of anilines is 1. The van der Waals surface area contributed by atoms with E-state index in [0.29, 0.717) is 33.0 Å². The number of aryl methyl sites for hydroxylation is 1. The first kappa shape index (κ1) is 23.1. The second kappa shape index (κ2) is 9.20. The molecule has 0 radical (unpaired) electrons. The molecule has 1 N–H and O–H groups in total. The number of imidazole rings is 1. The molecule has 1 atom stereocenters. The largest absolute Gasteiger partial charge is 0.507 e. The summed E-state index contributed by atoms with van der Waals surface area (Å²) in [5.74, 6) is 0.180. The Balaban J connectivity index is 1.53. The van der Waals surface area contributed by atoms with Crippen molar-refractivity contribution in [2.45, 2.75) is 12.5 Å². The van der Waals surface area contributed by atoms with Crippen molar-refractivity contribution >= 4 is 17.4 Å². The summed E-state index contributed by atoms with van der Waals surface area (Å²) in [5, 5.41) is 11.5. The van der Waals surface area contributed by atoms with Crippen LogP contribution in [0.2, 0.25) is 5.02 Å². The van der Waals surface area contributed by atoms with Crippen LogP contribution in [0.4, 0.5) is 10.2 Å². The Labute approximate surface area is 206 Å². The molecule has 0 unspecified atom stereocenters. The molecular weight excluding hydrogens is 471 g/mol.